The van der Waals surface area contributed by atoms with Crippen LogP contribution in [0.3, 0.4) is 0 Å². The Balaban J connectivity index is 1.31. The summed E-state index contributed by atoms with van der Waals surface area (Å²) in [7, 11) is 0. The van der Waals surface area contributed by atoms with Gasteiger partial charge in [0.15, 0.2) is 11.0 Å². The lowest BCUT2D eigenvalue weighted by atomic mass is 10.1. The van der Waals surface area contributed by atoms with Crippen LogP contribution >= 0.6 is 46.3 Å². The Bertz CT molecular complexity index is 1670. The minimum Gasteiger partial charge on any atom is -0.347 e. The molecule has 0 bridgehead atoms. The van der Waals surface area contributed by atoms with Crippen molar-refractivity contribution >= 4 is 52.2 Å². The van der Waals surface area contributed by atoms with Crippen molar-refractivity contribution in [2.24, 2.45) is 0 Å². The highest BCUT2D eigenvalue weighted by Crippen LogP contribution is 2.35. The van der Waals surface area contributed by atoms with Gasteiger partial charge in [0.05, 0.1) is 27.0 Å². The van der Waals surface area contributed by atoms with E-state index in [-0.39, 0.29) is 12.2 Å². The number of hydrogen-bond donors (Lipinski definition) is 1. The second kappa shape index (κ2) is 12.0. The van der Waals surface area contributed by atoms with Crippen LogP contribution in [0.2, 0.25) is 10.0 Å². The molecular weight excluding hydrogens is 602 g/mol. The van der Waals surface area contributed by atoms with E-state index < -0.39 is 17.6 Å². The minimum absolute atomic E-state index is 0.0594. The van der Waals surface area contributed by atoms with Gasteiger partial charge in [-0.3, -0.25) is 9.36 Å². The Morgan fingerprint density at radius 2 is 1.73 bits per heavy atom. The lowest BCUT2D eigenvalue weighted by Gasteiger charge is -2.12. The van der Waals surface area contributed by atoms with Crippen LogP contribution in [0.5, 0.6) is 0 Å². The summed E-state index contributed by atoms with van der Waals surface area (Å²) in [5.41, 5.74) is 1.12. The normalized spacial score (nSPS) is 11.5. The van der Waals surface area contributed by atoms with Gasteiger partial charge in [0.1, 0.15) is 10.7 Å². The number of alkyl halides is 3. The molecule has 1 amide bonds. The number of nitrogens with zero attached hydrogens (tertiary/aromatic N) is 4. The first-order valence-electron chi connectivity index (χ1n) is 11.7. The first kappa shape index (κ1) is 28.2. The van der Waals surface area contributed by atoms with E-state index in [1.54, 1.807) is 17.5 Å². The van der Waals surface area contributed by atoms with Gasteiger partial charge in [-0.2, -0.15) is 13.2 Å². The number of benzene rings is 3. The van der Waals surface area contributed by atoms with Crippen molar-refractivity contribution in [3.63, 3.8) is 0 Å². The topological polar surface area (TPSA) is 72.7 Å². The third-order valence-electron chi connectivity index (χ3n) is 5.66. The van der Waals surface area contributed by atoms with Crippen molar-refractivity contribution in [2.45, 2.75) is 23.6 Å². The first-order chi connectivity index (χ1) is 19.2. The van der Waals surface area contributed by atoms with Crippen LogP contribution < -0.4 is 5.32 Å². The SMILES string of the molecule is O=C(NCc1cccc(C(F)(F)F)c1)c1csc(CSc2nnc(-c3ccccc3Cl)n2-c2ccccc2Cl)n1. The molecule has 0 spiro atoms. The third-order valence-corrected chi connectivity index (χ3v) is 8.28. The molecule has 0 saturated heterocycles. The van der Waals surface area contributed by atoms with Crippen LogP contribution in [0.25, 0.3) is 17.1 Å². The van der Waals surface area contributed by atoms with Crippen molar-refractivity contribution in [3.8, 4) is 17.1 Å². The van der Waals surface area contributed by atoms with E-state index in [1.807, 2.05) is 41.0 Å². The molecular formula is C27H18Cl2F3N5OS2. The van der Waals surface area contributed by atoms with Crippen molar-refractivity contribution in [2.75, 3.05) is 0 Å². The van der Waals surface area contributed by atoms with Gasteiger partial charge in [-0.1, -0.05) is 71.4 Å². The summed E-state index contributed by atoms with van der Waals surface area (Å²) >= 11 is 15.6. The van der Waals surface area contributed by atoms with Crippen molar-refractivity contribution in [3.05, 3.63) is 110 Å². The summed E-state index contributed by atoms with van der Waals surface area (Å²) < 4.78 is 40.7. The molecule has 0 aliphatic rings. The number of thioether (sulfide) groups is 1. The van der Waals surface area contributed by atoms with Crippen LogP contribution in [0.4, 0.5) is 13.2 Å². The lowest BCUT2D eigenvalue weighted by Crippen LogP contribution is -2.23. The third kappa shape index (κ3) is 6.33. The van der Waals surface area contributed by atoms with Gasteiger partial charge in [0.2, 0.25) is 0 Å². The summed E-state index contributed by atoms with van der Waals surface area (Å²) in [5, 5.41) is 15.2. The monoisotopic (exact) mass is 619 g/mol. The number of carbonyl (C=O) groups is 1. The average molecular weight is 621 g/mol. The Labute approximate surface area is 245 Å². The fourth-order valence-corrected chi connectivity index (χ4v) is 5.95. The van der Waals surface area contributed by atoms with E-state index in [9.17, 15) is 18.0 Å². The second-order valence-corrected chi connectivity index (χ2v) is 11.1. The largest absolute Gasteiger partial charge is 0.416 e. The highest BCUT2D eigenvalue weighted by molar-refractivity contribution is 7.98. The van der Waals surface area contributed by atoms with E-state index in [0.29, 0.717) is 48.6 Å². The maximum Gasteiger partial charge on any atom is 0.416 e. The van der Waals surface area contributed by atoms with Crippen molar-refractivity contribution in [1.82, 2.24) is 25.1 Å². The smallest absolute Gasteiger partial charge is 0.347 e. The van der Waals surface area contributed by atoms with Crippen LogP contribution in [-0.4, -0.2) is 25.7 Å². The molecule has 0 fully saturated rings. The number of hydrogen-bond acceptors (Lipinski definition) is 6. The van der Waals surface area contributed by atoms with Crippen LogP contribution in [-0.2, 0) is 18.5 Å². The number of amides is 1. The predicted octanol–water partition coefficient (Wildman–Crippen LogP) is 7.94. The summed E-state index contributed by atoms with van der Waals surface area (Å²) in [6, 6.07) is 19.4. The minimum atomic E-state index is -4.45. The number of rotatable bonds is 8. The Morgan fingerprint density at radius 1 is 0.975 bits per heavy atom. The quantitative estimate of drug-likeness (QED) is 0.178. The van der Waals surface area contributed by atoms with Crippen molar-refractivity contribution in [1.29, 1.82) is 0 Å². The molecule has 0 saturated carbocycles. The molecule has 5 rings (SSSR count). The number of thiazole rings is 1. The molecule has 0 radical (unpaired) electrons. The number of para-hydroxylation sites is 1. The summed E-state index contributed by atoms with van der Waals surface area (Å²) in [5.74, 6) is 0.427. The van der Waals surface area contributed by atoms with Gasteiger partial charge in [0, 0.05) is 17.5 Å². The molecule has 3 aromatic carbocycles. The van der Waals surface area contributed by atoms with Gasteiger partial charge >= 0.3 is 6.18 Å². The van der Waals surface area contributed by atoms with Gasteiger partial charge in [-0.25, -0.2) is 4.98 Å². The van der Waals surface area contributed by atoms with Gasteiger partial charge < -0.3 is 5.32 Å². The zero-order valence-electron chi connectivity index (χ0n) is 20.3. The fraction of sp³-hybridized carbons (Fsp3) is 0.111. The lowest BCUT2D eigenvalue weighted by molar-refractivity contribution is -0.137. The zero-order chi connectivity index (χ0) is 28.3. The zero-order valence-corrected chi connectivity index (χ0v) is 23.5. The number of halogens is 5. The second-order valence-electron chi connectivity index (χ2n) is 8.37. The summed E-state index contributed by atoms with van der Waals surface area (Å²) in [4.78, 5) is 17.0. The standard InChI is InChI=1S/C27H18Cl2F3N5OS2/c28-19-9-2-1-8-18(19)24-35-36-26(37(24)22-11-4-3-10-20(22)29)40-15-23-34-21(14-39-23)25(38)33-13-16-6-5-7-17(12-16)27(30,31)32/h1-12,14H,13,15H2,(H,33,38). The molecule has 5 aromatic rings. The van der Waals surface area contributed by atoms with E-state index >= 15 is 0 Å². The molecule has 6 nitrogen and oxygen atoms in total. The molecule has 0 atom stereocenters. The maximum absolute atomic E-state index is 13.0. The molecule has 13 heteroatoms. The molecule has 0 aliphatic heterocycles. The molecule has 2 aromatic heterocycles. The fourth-order valence-electron chi connectivity index (χ4n) is 3.77. The highest BCUT2D eigenvalue weighted by Gasteiger charge is 2.30. The van der Waals surface area contributed by atoms with Crippen LogP contribution in [0.15, 0.2) is 83.3 Å². The van der Waals surface area contributed by atoms with Gasteiger partial charge in [-0.05, 0) is 42.0 Å². The van der Waals surface area contributed by atoms with Crippen LogP contribution in [0.1, 0.15) is 26.6 Å². The van der Waals surface area contributed by atoms with E-state index in [0.717, 1.165) is 12.1 Å². The number of aromatic nitrogens is 4. The molecule has 0 aliphatic carbocycles. The van der Waals surface area contributed by atoms with Crippen molar-refractivity contribution < 1.29 is 18.0 Å². The molecule has 2 heterocycles. The predicted molar refractivity (Wildman–Crippen MR) is 151 cm³/mol. The average Bonchev–Trinajstić information content (AvgIpc) is 3.58. The van der Waals surface area contributed by atoms with E-state index in [4.69, 9.17) is 23.2 Å². The summed E-state index contributed by atoms with van der Waals surface area (Å²) in [6.07, 6.45) is -4.45. The molecule has 40 heavy (non-hydrogen) atoms. The number of nitrogens with one attached hydrogen (secondary N) is 1. The van der Waals surface area contributed by atoms with Gasteiger partial charge in [-0.15, -0.1) is 21.5 Å². The number of carbonyl (C=O) groups excluding carboxylic acids is 1. The molecule has 204 valence electrons. The highest BCUT2D eigenvalue weighted by atomic mass is 35.5. The van der Waals surface area contributed by atoms with Gasteiger partial charge in [0.25, 0.3) is 5.91 Å². The Hall–Kier alpha value is -3.38. The van der Waals surface area contributed by atoms with Crippen LogP contribution in [0, 0.1) is 0 Å². The Kier molecular flexibility index (Phi) is 8.46. The summed E-state index contributed by atoms with van der Waals surface area (Å²) in [6.45, 7) is -0.0594. The molecule has 1 N–H and O–H groups in total. The van der Waals surface area contributed by atoms with E-state index in [1.165, 1.54) is 35.2 Å². The molecule has 0 unspecified atom stereocenters. The Morgan fingerprint density at radius 3 is 2.48 bits per heavy atom. The van der Waals surface area contributed by atoms with E-state index in [2.05, 4.69) is 20.5 Å². The first-order valence-corrected chi connectivity index (χ1v) is 14.3. The maximum atomic E-state index is 13.0.